The summed E-state index contributed by atoms with van der Waals surface area (Å²) < 4.78 is 0. The number of hydrogen-bond acceptors (Lipinski definition) is 2. The first-order chi connectivity index (χ1) is 33.8. The van der Waals surface area contributed by atoms with E-state index in [0.717, 1.165) is 49.1 Å². The Morgan fingerprint density at radius 2 is 0.681 bits per heavy atom. The van der Waals surface area contributed by atoms with Crippen LogP contribution in [0, 0.1) is 0 Å². The summed E-state index contributed by atoms with van der Waals surface area (Å²) in [5.41, 5.74) is 16.3. The second kappa shape index (κ2) is 14.6. The summed E-state index contributed by atoms with van der Waals surface area (Å²) >= 11 is 0. The molecule has 12 aromatic carbocycles. The number of carbonyl (C=O) groups excluding carboxylic acids is 2. The second-order valence-electron chi connectivity index (χ2n) is 19.7. The zero-order valence-electron chi connectivity index (χ0n) is 38.8. The lowest BCUT2D eigenvalue weighted by Gasteiger charge is -2.32. The van der Waals surface area contributed by atoms with Gasteiger partial charge in [0.25, 0.3) is 11.8 Å². The van der Waals surface area contributed by atoms with Gasteiger partial charge in [0.1, 0.15) is 0 Å². The Morgan fingerprint density at radius 3 is 1.23 bits per heavy atom. The van der Waals surface area contributed by atoms with E-state index in [-0.39, 0.29) is 23.7 Å². The van der Waals surface area contributed by atoms with Gasteiger partial charge in [-0.05, 0) is 150 Å². The maximum Gasteiger partial charge on any atom is 0.266 e. The molecular formula is C66H45NO2. The number of hydrogen-bond donors (Lipinski definition) is 0. The summed E-state index contributed by atoms with van der Waals surface area (Å²) in [4.78, 5) is 31.3. The molecule has 1 heterocycles. The molecule has 1 aliphatic heterocycles. The van der Waals surface area contributed by atoms with Gasteiger partial charge < -0.3 is 0 Å². The highest BCUT2D eigenvalue weighted by Gasteiger charge is 2.38. The minimum Gasteiger partial charge on any atom is -0.268 e. The number of nitrogens with zero attached hydrogens (tertiary/aromatic N) is 1. The molecule has 326 valence electrons. The van der Waals surface area contributed by atoms with Gasteiger partial charge in [-0.25, -0.2) is 4.90 Å². The predicted octanol–water partition coefficient (Wildman–Crippen LogP) is 17.7. The van der Waals surface area contributed by atoms with Crippen molar-refractivity contribution in [1.29, 1.82) is 0 Å². The average Bonchev–Trinajstić information content (AvgIpc) is 3.71. The van der Waals surface area contributed by atoms with Crippen LogP contribution in [-0.4, -0.2) is 11.8 Å². The van der Waals surface area contributed by atoms with Crippen LogP contribution in [0.5, 0.6) is 0 Å². The van der Waals surface area contributed by atoms with Gasteiger partial charge in [-0.15, -0.1) is 0 Å². The number of carbonyl (C=O) groups is 2. The van der Waals surface area contributed by atoms with Gasteiger partial charge in [0.15, 0.2) is 0 Å². The molecule has 0 radical (unpaired) electrons. The molecule has 3 heteroatoms. The normalized spacial score (nSPS) is 13.2. The van der Waals surface area contributed by atoms with E-state index in [4.69, 9.17) is 0 Å². The van der Waals surface area contributed by atoms with Crippen molar-refractivity contribution in [2.24, 2.45) is 0 Å². The molecule has 1 aliphatic carbocycles. The van der Waals surface area contributed by atoms with Crippen molar-refractivity contribution < 1.29 is 9.59 Å². The summed E-state index contributed by atoms with van der Waals surface area (Å²) in [7, 11) is 0. The third-order valence-corrected chi connectivity index (χ3v) is 15.4. The second-order valence-corrected chi connectivity index (χ2v) is 19.7. The molecule has 0 unspecified atom stereocenters. The van der Waals surface area contributed by atoms with Crippen molar-refractivity contribution in [3.8, 4) is 55.6 Å². The van der Waals surface area contributed by atoms with E-state index in [1.54, 1.807) is 0 Å². The quantitative estimate of drug-likeness (QED) is 0.0948. The van der Waals surface area contributed by atoms with Gasteiger partial charge >= 0.3 is 0 Å². The standard InChI is InChI=1S/C66H45NO2/c1-36(2)40-22-13-23-41(37(3)4)64(40)67-65(68)54-34-31-50-48-26-14-24-44-42(28-30-49(58(44)48)51-32-35-55(66(67)69)61(54)60(50)51)43-29-33-53-59-45(43)25-15-27-52(59)62-56(38-16-7-5-8-17-38)46-20-11-12-21-47(46)57(63(53)62)39-18-9-6-10-19-39/h5-37H,1-4H3. The topological polar surface area (TPSA) is 37.4 Å². The van der Waals surface area contributed by atoms with Crippen LogP contribution in [0.1, 0.15) is 71.4 Å². The Hall–Kier alpha value is -8.40. The summed E-state index contributed by atoms with van der Waals surface area (Å²) in [6.45, 7) is 8.50. The molecule has 12 aromatic rings. The van der Waals surface area contributed by atoms with E-state index in [1.165, 1.54) is 92.9 Å². The Balaban J connectivity index is 0.995. The molecule has 0 atom stereocenters. The fraction of sp³-hybridized carbons (Fsp3) is 0.0909. The van der Waals surface area contributed by atoms with Crippen LogP contribution in [0.3, 0.4) is 0 Å². The average molecular weight is 884 g/mol. The minimum atomic E-state index is -0.264. The molecule has 0 saturated carbocycles. The molecule has 2 amide bonds. The molecule has 0 fully saturated rings. The van der Waals surface area contributed by atoms with Crippen LogP contribution in [0.2, 0.25) is 0 Å². The van der Waals surface area contributed by atoms with Gasteiger partial charge in [0.05, 0.1) is 5.69 Å². The van der Waals surface area contributed by atoms with E-state index in [9.17, 15) is 9.59 Å². The van der Waals surface area contributed by atoms with Gasteiger partial charge in [-0.3, -0.25) is 9.59 Å². The lowest BCUT2D eigenvalue weighted by molar-refractivity contribution is 0.0893. The Labute approximate surface area is 400 Å². The van der Waals surface area contributed by atoms with E-state index in [2.05, 4.69) is 198 Å². The maximum atomic E-state index is 14.9. The number of fused-ring (bicyclic) bond motifs is 6. The van der Waals surface area contributed by atoms with Crippen molar-refractivity contribution in [2.45, 2.75) is 39.5 Å². The highest BCUT2D eigenvalue weighted by molar-refractivity contribution is 6.43. The monoisotopic (exact) mass is 883 g/mol. The summed E-state index contributed by atoms with van der Waals surface area (Å²) in [6.07, 6.45) is 0. The van der Waals surface area contributed by atoms with Crippen LogP contribution in [0.25, 0.3) is 120 Å². The minimum absolute atomic E-state index is 0.125. The maximum absolute atomic E-state index is 14.9. The molecule has 0 spiro atoms. The van der Waals surface area contributed by atoms with E-state index in [1.807, 2.05) is 18.2 Å². The van der Waals surface area contributed by atoms with Crippen LogP contribution < -0.4 is 4.90 Å². The zero-order valence-corrected chi connectivity index (χ0v) is 38.8. The predicted molar refractivity (Wildman–Crippen MR) is 289 cm³/mol. The van der Waals surface area contributed by atoms with E-state index >= 15 is 0 Å². The molecule has 0 saturated heterocycles. The lowest BCUT2D eigenvalue weighted by Crippen LogP contribution is -2.41. The lowest BCUT2D eigenvalue weighted by atomic mass is 9.82. The molecule has 0 N–H and O–H groups in total. The molecule has 3 nitrogen and oxygen atoms in total. The summed E-state index contributed by atoms with van der Waals surface area (Å²) in [6, 6.07) is 67.8. The zero-order chi connectivity index (χ0) is 46.4. The fourth-order valence-electron chi connectivity index (χ4n) is 12.5. The van der Waals surface area contributed by atoms with Gasteiger partial charge in [0, 0.05) is 16.5 Å². The Kier molecular flexibility index (Phi) is 8.38. The van der Waals surface area contributed by atoms with Crippen LogP contribution in [-0.2, 0) is 0 Å². The van der Waals surface area contributed by atoms with Crippen molar-refractivity contribution in [3.05, 3.63) is 210 Å². The summed E-state index contributed by atoms with van der Waals surface area (Å²) in [5, 5.41) is 13.4. The third-order valence-electron chi connectivity index (χ3n) is 15.4. The third kappa shape index (κ3) is 5.33. The number of anilines is 1. The number of para-hydroxylation sites is 1. The Morgan fingerprint density at radius 1 is 0.290 bits per heavy atom. The van der Waals surface area contributed by atoms with Gasteiger partial charge in [-0.2, -0.15) is 0 Å². The number of imide groups is 1. The van der Waals surface area contributed by atoms with Crippen molar-refractivity contribution in [2.75, 3.05) is 4.90 Å². The molecular weight excluding hydrogens is 839 g/mol. The van der Waals surface area contributed by atoms with Crippen molar-refractivity contribution in [3.63, 3.8) is 0 Å². The molecule has 2 aliphatic rings. The van der Waals surface area contributed by atoms with E-state index in [0.29, 0.717) is 11.1 Å². The number of benzene rings is 12. The molecule has 69 heavy (non-hydrogen) atoms. The fourth-order valence-corrected chi connectivity index (χ4v) is 12.5. The molecule has 14 rings (SSSR count). The first kappa shape index (κ1) is 39.7. The van der Waals surface area contributed by atoms with Crippen LogP contribution in [0.4, 0.5) is 5.69 Å². The SMILES string of the molecule is CC(C)c1cccc(C(C)C)c1N1C(=O)c2ccc3c4cccc5c(-c6ccc7c8c(cccc68)-c6c-7c(-c7ccccc7)c7ccccc7c6-c6ccccc6)ccc(c6ccc(c2c36)C1=O)c54. The van der Waals surface area contributed by atoms with Crippen molar-refractivity contribution in [1.82, 2.24) is 0 Å². The number of amides is 2. The van der Waals surface area contributed by atoms with E-state index < -0.39 is 0 Å². The highest BCUT2D eigenvalue weighted by Crippen LogP contribution is 2.59. The smallest absolute Gasteiger partial charge is 0.266 e. The van der Waals surface area contributed by atoms with Crippen molar-refractivity contribution >= 4 is 82.1 Å². The highest BCUT2D eigenvalue weighted by atomic mass is 16.2. The van der Waals surface area contributed by atoms with Crippen LogP contribution >= 0.6 is 0 Å². The van der Waals surface area contributed by atoms with Gasteiger partial charge in [-0.1, -0.05) is 204 Å². The summed E-state index contributed by atoms with van der Waals surface area (Å²) in [5.74, 6) is -0.278. The number of rotatable bonds is 6. The first-order valence-electron chi connectivity index (χ1n) is 24.2. The molecule has 0 bridgehead atoms. The largest absolute Gasteiger partial charge is 0.268 e. The first-order valence-corrected chi connectivity index (χ1v) is 24.2. The molecule has 0 aromatic heterocycles. The Bertz CT molecular complexity index is 4030. The van der Waals surface area contributed by atoms with Crippen LogP contribution in [0.15, 0.2) is 188 Å². The van der Waals surface area contributed by atoms with Gasteiger partial charge in [0.2, 0.25) is 0 Å².